The molecule has 1 atom stereocenters. The van der Waals surface area contributed by atoms with Gasteiger partial charge in [0.1, 0.15) is 0 Å². The molecule has 2 N–H and O–H groups in total. The summed E-state index contributed by atoms with van der Waals surface area (Å²) < 4.78 is 31.1. The van der Waals surface area contributed by atoms with Crippen molar-refractivity contribution < 1.29 is 18.3 Å². The van der Waals surface area contributed by atoms with E-state index in [4.69, 9.17) is 4.43 Å². The second-order valence-electron chi connectivity index (χ2n) is 8.01. The van der Waals surface area contributed by atoms with E-state index in [-0.39, 0.29) is 18.2 Å². The average Bonchev–Trinajstić information content (AvgIpc) is 2.66. The van der Waals surface area contributed by atoms with Crippen LogP contribution >= 0.6 is 0 Å². The highest BCUT2D eigenvalue weighted by Gasteiger charge is 2.50. The fourth-order valence-electron chi connectivity index (χ4n) is 3.55. The van der Waals surface area contributed by atoms with Crippen molar-refractivity contribution in [3.05, 3.63) is 60.7 Å². The maximum absolute atomic E-state index is 12.2. The Balaban J connectivity index is 2.24. The SMILES string of the molecule is CC(C)(C)[Si](OCC(O)CCNCC(F)F)(c1ccccc1)c1ccccc1. The average molecular weight is 408 g/mol. The molecule has 0 spiro atoms. The first-order valence-electron chi connectivity index (χ1n) is 9.69. The Bertz CT molecular complexity index is 653. The molecule has 2 rings (SSSR count). The maximum Gasteiger partial charge on any atom is 0.261 e. The van der Waals surface area contributed by atoms with E-state index in [0.717, 1.165) is 10.4 Å². The Morgan fingerprint density at radius 3 is 1.89 bits per heavy atom. The lowest BCUT2D eigenvalue weighted by molar-refractivity contribution is 0.0921. The van der Waals surface area contributed by atoms with Gasteiger partial charge in [0.25, 0.3) is 14.7 Å². The monoisotopic (exact) mass is 407 g/mol. The fourth-order valence-corrected chi connectivity index (χ4v) is 8.14. The van der Waals surface area contributed by atoms with Crippen molar-refractivity contribution in [2.45, 2.75) is 44.8 Å². The van der Waals surface area contributed by atoms with Crippen molar-refractivity contribution in [2.75, 3.05) is 19.7 Å². The third-order valence-corrected chi connectivity index (χ3v) is 9.87. The highest BCUT2D eigenvalue weighted by Crippen LogP contribution is 2.36. The zero-order valence-electron chi connectivity index (χ0n) is 16.9. The molecule has 0 saturated heterocycles. The molecule has 0 aliphatic rings. The minimum absolute atomic E-state index is 0.163. The Labute approximate surface area is 167 Å². The van der Waals surface area contributed by atoms with Gasteiger partial charge in [-0.15, -0.1) is 0 Å². The zero-order chi connectivity index (χ0) is 20.6. The van der Waals surface area contributed by atoms with Crippen LogP contribution in [0.5, 0.6) is 0 Å². The zero-order valence-corrected chi connectivity index (χ0v) is 17.9. The molecule has 0 saturated carbocycles. The lowest BCUT2D eigenvalue weighted by Gasteiger charge is -2.43. The molecule has 2 aromatic rings. The minimum Gasteiger partial charge on any atom is -0.405 e. The number of rotatable bonds is 10. The molecule has 0 radical (unpaired) electrons. The van der Waals surface area contributed by atoms with Crippen molar-refractivity contribution in [1.29, 1.82) is 0 Å². The first kappa shape index (κ1) is 22.7. The molecule has 0 bridgehead atoms. The summed E-state index contributed by atoms with van der Waals surface area (Å²) in [6, 6.07) is 20.4. The van der Waals surface area contributed by atoms with Crippen LogP contribution in [0.25, 0.3) is 0 Å². The summed E-state index contributed by atoms with van der Waals surface area (Å²) in [6.07, 6.45) is -2.73. The van der Waals surface area contributed by atoms with Crippen LogP contribution in [0.1, 0.15) is 27.2 Å². The minimum atomic E-state index is -2.68. The predicted molar refractivity (Wildman–Crippen MR) is 113 cm³/mol. The Morgan fingerprint density at radius 2 is 1.46 bits per heavy atom. The van der Waals surface area contributed by atoms with Gasteiger partial charge in [-0.1, -0.05) is 81.4 Å². The van der Waals surface area contributed by atoms with Crippen molar-refractivity contribution in [3.8, 4) is 0 Å². The summed E-state index contributed by atoms with van der Waals surface area (Å²) >= 11 is 0. The number of alkyl halides is 2. The van der Waals surface area contributed by atoms with Crippen LogP contribution in [0.3, 0.4) is 0 Å². The van der Waals surface area contributed by atoms with Crippen molar-refractivity contribution >= 4 is 18.7 Å². The van der Waals surface area contributed by atoms with Gasteiger partial charge in [0, 0.05) is 0 Å². The van der Waals surface area contributed by atoms with Gasteiger partial charge < -0.3 is 14.8 Å². The van der Waals surface area contributed by atoms with E-state index in [1.165, 1.54) is 0 Å². The van der Waals surface area contributed by atoms with Gasteiger partial charge in [0.2, 0.25) is 0 Å². The summed E-state index contributed by atoms with van der Waals surface area (Å²) in [5.41, 5.74) is 0. The summed E-state index contributed by atoms with van der Waals surface area (Å²) in [7, 11) is -2.68. The predicted octanol–water partition coefficient (Wildman–Crippen LogP) is 3.17. The number of hydrogen-bond acceptors (Lipinski definition) is 3. The fraction of sp³-hybridized carbons (Fsp3) is 0.455. The molecule has 0 aliphatic heterocycles. The molecule has 0 aliphatic carbocycles. The molecule has 28 heavy (non-hydrogen) atoms. The third kappa shape index (κ3) is 5.70. The van der Waals surface area contributed by atoms with E-state index in [9.17, 15) is 13.9 Å². The molecule has 0 heterocycles. The van der Waals surface area contributed by atoms with Crippen LogP contribution in [0.2, 0.25) is 5.04 Å². The molecule has 6 heteroatoms. The Morgan fingerprint density at radius 1 is 0.964 bits per heavy atom. The molecule has 154 valence electrons. The van der Waals surface area contributed by atoms with E-state index < -0.39 is 20.8 Å². The summed E-state index contributed by atoms with van der Waals surface area (Å²) in [5, 5.41) is 15.2. The summed E-state index contributed by atoms with van der Waals surface area (Å²) in [4.78, 5) is 0. The summed E-state index contributed by atoms with van der Waals surface area (Å²) in [5.74, 6) is 0. The molecule has 0 fully saturated rings. The second kappa shape index (κ2) is 10.3. The molecule has 3 nitrogen and oxygen atoms in total. The second-order valence-corrected chi connectivity index (χ2v) is 12.3. The van der Waals surface area contributed by atoms with Gasteiger partial charge in [0.15, 0.2) is 0 Å². The number of aliphatic hydroxyl groups is 1. The smallest absolute Gasteiger partial charge is 0.261 e. The first-order chi connectivity index (χ1) is 13.3. The lowest BCUT2D eigenvalue weighted by atomic mass is 10.2. The molecule has 1 unspecified atom stereocenters. The van der Waals surface area contributed by atoms with Crippen LogP contribution in [-0.2, 0) is 4.43 Å². The number of aliphatic hydroxyl groups excluding tert-OH is 1. The largest absolute Gasteiger partial charge is 0.405 e. The molecule has 2 aromatic carbocycles. The van der Waals surface area contributed by atoms with Crippen LogP contribution in [0.4, 0.5) is 8.78 Å². The van der Waals surface area contributed by atoms with E-state index >= 15 is 0 Å². The highest BCUT2D eigenvalue weighted by atomic mass is 28.4. The van der Waals surface area contributed by atoms with E-state index in [0.29, 0.717) is 13.0 Å². The standard InChI is InChI=1S/C22H31F2NO2Si/c1-22(2,3)28(19-10-6-4-7-11-19,20-12-8-5-9-13-20)27-17-18(26)14-15-25-16-21(23)24/h4-13,18,21,25-26H,14-17H2,1-3H3. The van der Waals surface area contributed by atoms with Crippen molar-refractivity contribution in [3.63, 3.8) is 0 Å². The Hall–Kier alpha value is -1.60. The maximum atomic E-state index is 12.2. The van der Waals surface area contributed by atoms with Crippen LogP contribution in [0, 0.1) is 0 Å². The Kier molecular flexibility index (Phi) is 8.31. The number of benzene rings is 2. The van der Waals surface area contributed by atoms with Crippen LogP contribution < -0.4 is 15.7 Å². The first-order valence-corrected chi connectivity index (χ1v) is 11.6. The van der Waals surface area contributed by atoms with E-state index in [1.807, 2.05) is 36.4 Å². The van der Waals surface area contributed by atoms with Gasteiger partial charge in [-0.25, -0.2) is 8.78 Å². The molecule has 0 aromatic heterocycles. The highest BCUT2D eigenvalue weighted by molar-refractivity contribution is 6.99. The van der Waals surface area contributed by atoms with Gasteiger partial charge in [-0.3, -0.25) is 0 Å². The molecular formula is C22H31F2NO2Si. The number of nitrogens with one attached hydrogen (secondary N) is 1. The molecule has 0 amide bonds. The quantitative estimate of drug-likeness (QED) is 0.470. The number of halogens is 2. The van der Waals surface area contributed by atoms with Gasteiger partial charge in [0.05, 0.1) is 19.3 Å². The van der Waals surface area contributed by atoms with Gasteiger partial charge in [-0.05, 0) is 28.4 Å². The van der Waals surface area contributed by atoms with Gasteiger partial charge >= 0.3 is 0 Å². The summed E-state index contributed by atoms with van der Waals surface area (Å²) in [6.45, 7) is 6.67. The van der Waals surface area contributed by atoms with Crippen molar-refractivity contribution in [2.24, 2.45) is 0 Å². The van der Waals surface area contributed by atoms with Gasteiger partial charge in [-0.2, -0.15) is 0 Å². The van der Waals surface area contributed by atoms with Crippen LogP contribution in [0.15, 0.2) is 60.7 Å². The van der Waals surface area contributed by atoms with Crippen molar-refractivity contribution in [1.82, 2.24) is 5.32 Å². The lowest BCUT2D eigenvalue weighted by Crippen LogP contribution is -2.67. The van der Waals surface area contributed by atoms with Crippen LogP contribution in [-0.4, -0.2) is 45.6 Å². The normalized spacial score (nSPS) is 13.7. The van der Waals surface area contributed by atoms with E-state index in [2.05, 4.69) is 50.4 Å². The van der Waals surface area contributed by atoms with E-state index in [1.54, 1.807) is 0 Å². The third-order valence-electron chi connectivity index (χ3n) is 4.86. The molecular weight excluding hydrogens is 376 g/mol. The topological polar surface area (TPSA) is 41.5 Å². The number of hydrogen-bond donors (Lipinski definition) is 2.